The Morgan fingerprint density at radius 2 is 1.83 bits per heavy atom. The molecule has 0 unspecified atom stereocenters. The summed E-state index contributed by atoms with van der Waals surface area (Å²) in [5.74, 6) is 0.694. The van der Waals surface area contributed by atoms with Crippen LogP contribution in [-0.2, 0) is 6.42 Å². The number of hydrogen-bond donors (Lipinski definition) is 1. The van der Waals surface area contributed by atoms with Gasteiger partial charge in [-0.25, -0.2) is 0 Å². The van der Waals surface area contributed by atoms with Gasteiger partial charge in [-0.2, -0.15) is 0 Å². The Hall–Kier alpha value is -1.65. The molecular formula is C19H22BrNO2. The number of unbranched alkanes of at least 4 members (excludes halogenated alkanes) is 2. The van der Waals surface area contributed by atoms with Crippen molar-refractivity contribution in [2.45, 2.75) is 25.7 Å². The molecule has 2 N–H and O–H groups in total. The van der Waals surface area contributed by atoms with Crippen LogP contribution in [0.3, 0.4) is 0 Å². The highest BCUT2D eigenvalue weighted by Gasteiger charge is 2.07. The standard InChI is InChI=1S/C19H22BrNO2/c20-17-13-16(18(22)14-21)10-11-19(17)23-12-6-2-5-9-15-7-3-1-4-8-15/h1,3-4,7-8,10-11,13H,2,5-6,9,12,14,21H2. The van der Waals surface area contributed by atoms with E-state index < -0.39 is 0 Å². The summed E-state index contributed by atoms with van der Waals surface area (Å²) in [6.07, 6.45) is 4.43. The van der Waals surface area contributed by atoms with E-state index in [1.807, 2.05) is 12.1 Å². The van der Waals surface area contributed by atoms with E-state index in [0.29, 0.717) is 12.2 Å². The van der Waals surface area contributed by atoms with Gasteiger partial charge in [-0.3, -0.25) is 4.79 Å². The van der Waals surface area contributed by atoms with E-state index in [1.165, 1.54) is 12.0 Å². The number of nitrogens with two attached hydrogens (primary N) is 1. The number of hydrogen-bond acceptors (Lipinski definition) is 3. The zero-order valence-electron chi connectivity index (χ0n) is 13.1. The first-order valence-corrected chi connectivity index (χ1v) is 8.69. The molecule has 23 heavy (non-hydrogen) atoms. The minimum Gasteiger partial charge on any atom is -0.492 e. The first-order chi connectivity index (χ1) is 11.2. The molecule has 0 fully saturated rings. The van der Waals surface area contributed by atoms with Crippen molar-refractivity contribution in [3.8, 4) is 5.75 Å². The van der Waals surface area contributed by atoms with Crippen molar-refractivity contribution < 1.29 is 9.53 Å². The highest BCUT2D eigenvalue weighted by atomic mass is 79.9. The van der Waals surface area contributed by atoms with E-state index in [-0.39, 0.29) is 12.3 Å². The largest absolute Gasteiger partial charge is 0.492 e. The number of carbonyl (C=O) groups excluding carboxylic acids is 1. The Balaban J connectivity index is 1.69. The fourth-order valence-corrected chi connectivity index (χ4v) is 2.84. The van der Waals surface area contributed by atoms with Gasteiger partial charge in [0.1, 0.15) is 5.75 Å². The molecule has 2 rings (SSSR count). The summed E-state index contributed by atoms with van der Waals surface area (Å²) >= 11 is 3.44. The van der Waals surface area contributed by atoms with Crippen LogP contribution in [-0.4, -0.2) is 18.9 Å². The zero-order chi connectivity index (χ0) is 16.5. The smallest absolute Gasteiger partial charge is 0.176 e. The van der Waals surface area contributed by atoms with Crippen LogP contribution in [0.25, 0.3) is 0 Å². The van der Waals surface area contributed by atoms with Gasteiger partial charge in [0.05, 0.1) is 17.6 Å². The highest BCUT2D eigenvalue weighted by molar-refractivity contribution is 9.10. The number of benzene rings is 2. The Morgan fingerprint density at radius 3 is 2.52 bits per heavy atom. The summed E-state index contributed by atoms with van der Waals surface area (Å²) in [7, 11) is 0. The molecule has 0 heterocycles. The lowest BCUT2D eigenvalue weighted by atomic mass is 10.1. The lowest BCUT2D eigenvalue weighted by Crippen LogP contribution is -2.13. The van der Waals surface area contributed by atoms with Crippen molar-refractivity contribution in [3.05, 3.63) is 64.1 Å². The van der Waals surface area contributed by atoms with Gasteiger partial charge in [0.2, 0.25) is 0 Å². The third-order valence-electron chi connectivity index (χ3n) is 3.65. The molecule has 0 aliphatic rings. The predicted octanol–water partition coefficient (Wildman–Crippen LogP) is 4.38. The van der Waals surface area contributed by atoms with Crippen molar-refractivity contribution in [2.24, 2.45) is 5.73 Å². The third kappa shape index (κ3) is 5.81. The van der Waals surface area contributed by atoms with Crippen LogP contribution in [0.15, 0.2) is 53.0 Å². The molecule has 0 atom stereocenters. The minimum absolute atomic E-state index is 0.0219. The van der Waals surface area contributed by atoms with Crippen LogP contribution in [0.2, 0.25) is 0 Å². The van der Waals surface area contributed by atoms with Crippen LogP contribution in [0, 0.1) is 0 Å². The van der Waals surface area contributed by atoms with E-state index in [4.69, 9.17) is 10.5 Å². The Morgan fingerprint density at radius 1 is 1.04 bits per heavy atom. The van der Waals surface area contributed by atoms with Crippen molar-refractivity contribution in [1.82, 2.24) is 0 Å². The molecule has 122 valence electrons. The van der Waals surface area contributed by atoms with Crippen LogP contribution >= 0.6 is 15.9 Å². The summed E-state index contributed by atoms with van der Waals surface area (Å²) < 4.78 is 6.56. The molecule has 2 aromatic rings. The van der Waals surface area contributed by atoms with Gasteiger partial charge in [0, 0.05) is 5.56 Å². The molecule has 0 aromatic heterocycles. The summed E-state index contributed by atoms with van der Waals surface area (Å²) in [5, 5.41) is 0. The molecule has 0 amide bonds. The third-order valence-corrected chi connectivity index (χ3v) is 4.27. The number of Topliss-reactive ketones (excluding diaryl/α,β-unsaturated/α-hetero) is 1. The topological polar surface area (TPSA) is 52.3 Å². The van der Waals surface area contributed by atoms with Gasteiger partial charge in [0.15, 0.2) is 5.78 Å². The maximum atomic E-state index is 11.5. The Bertz CT molecular complexity index is 629. The first-order valence-electron chi connectivity index (χ1n) is 7.90. The van der Waals surface area contributed by atoms with Crippen LogP contribution in [0.5, 0.6) is 5.75 Å². The van der Waals surface area contributed by atoms with E-state index in [2.05, 4.69) is 40.2 Å². The fraction of sp³-hybridized carbons (Fsp3) is 0.316. The summed E-state index contributed by atoms with van der Waals surface area (Å²) in [6.45, 7) is 0.700. The second kappa shape index (κ2) is 9.48. The van der Waals surface area contributed by atoms with Gasteiger partial charge >= 0.3 is 0 Å². The Labute approximate surface area is 146 Å². The molecule has 0 bridgehead atoms. The fourth-order valence-electron chi connectivity index (χ4n) is 2.34. The predicted molar refractivity (Wildman–Crippen MR) is 97.0 cm³/mol. The molecule has 4 heteroatoms. The van der Waals surface area contributed by atoms with Gasteiger partial charge < -0.3 is 10.5 Å². The minimum atomic E-state index is -0.0711. The van der Waals surface area contributed by atoms with Gasteiger partial charge in [-0.05, 0) is 65.4 Å². The molecule has 0 spiro atoms. The van der Waals surface area contributed by atoms with E-state index >= 15 is 0 Å². The lowest BCUT2D eigenvalue weighted by molar-refractivity contribution is 0.100. The Kier molecular flexibility index (Phi) is 7.30. The molecule has 3 nitrogen and oxygen atoms in total. The van der Waals surface area contributed by atoms with Crippen LogP contribution in [0.1, 0.15) is 35.2 Å². The molecule has 0 aliphatic carbocycles. The monoisotopic (exact) mass is 375 g/mol. The average molecular weight is 376 g/mol. The number of aryl methyl sites for hydroxylation is 1. The summed E-state index contributed by atoms with van der Waals surface area (Å²) in [5.41, 5.74) is 7.36. The van der Waals surface area contributed by atoms with Crippen molar-refractivity contribution in [1.29, 1.82) is 0 Å². The number of carbonyl (C=O) groups is 1. The first kappa shape index (κ1) is 17.7. The number of halogens is 1. The van der Waals surface area contributed by atoms with E-state index in [9.17, 15) is 4.79 Å². The maximum Gasteiger partial charge on any atom is 0.176 e. The van der Waals surface area contributed by atoms with Gasteiger partial charge in [-0.15, -0.1) is 0 Å². The number of rotatable bonds is 9. The quantitative estimate of drug-likeness (QED) is 0.522. The van der Waals surface area contributed by atoms with Crippen molar-refractivity contribution in [3.63, 3.8) is 0 Å². The van der Waals surface area contributed by atoms with E-state index in [0.717, 1.165) is 29.5 Å². The second-order valence-electron chi connectivity index (χ2n) is 5.42. The summed E-state index contributed by atoms with van der Waals surface area (Å²) in [4.78, 5) is 11.5. The highest BCUT2D eigenvalue weighted by Crippen LogP contribution is 2.26. The maximum absolute atomic E-state index is 11.5. The molecule has 0 radical (unpaired) electrons. The molecular weight excluding hydrogens is 354 g/mol. The number of ketones is 1. The average Bonchev–Trinajstić information content (AvgIpc) is 2.59. The van der Waals surface area contributed by atoms with Crippen molar-refractivity contribution in [2.75, 3.05) is 13.2 Å². The zero-order valence-corrected chi connectivity index (χ0v) is 14.7. The lowest BCUT2D eigenvalue weighted by Gasteiger charge is -2.09. The molecule has 0 saturated carbocycles. The molecule has 2 aromatic carbocycles. The van der Waals surface area contributed by atoms with Crippen LogP contribution < -0.4 is 10.5 Å². The SMILES string of the molecule is NCC(=O)c1ccc(OCCCCCc2ccccc2)c(Br)c1. The van der Waals surface area contributed by atoms with Gasteiger partial charge in [-0.1, -0.05) is 30.3 Å². The van der Waals surface area contributed by atoms with E-state index in [1.54, 1.807) is 12.1 Å². The van der Waals surface area contributed by atoms with Crippen molar-refractivity contribution >= 4 is 21.7 Å². The molecule has 0 aliphatic heterocycles. The van der Waals surface area contributed by atoms with Crippen LogP contribution in [0.4, 0.5) is 0 Å². The molecule has 0 saturated heterocycles. The number of ether oxygens (including phenoxy) is 1. The normalized spacial score (nSPS) is 10.5. The van der Waals surface area contributed by atoms with Gasteiger partial charge in [0.25, 0.3) is 0 Å². The summed E-state index contributed by atoms with van der Waals surface area (Å²) in [6, 6.07) is 15.9. The second-order valence-corrected chi connectivity index (χ2v) is 6.27.